The molecular weight excluding hydrogens is 594 g/mol. The second kappa shape index (κ2) is 13.4. The summed E-state index contributed by atoms with van der Waals surface area (Å²) in [6.45, 7) is 9.33. The van der Waals surface area contributed by atoms with E-state index in [4.69, 9.17) is 0 Å². The molecule has 246 valence electrons. The van der Waals surface area contributed by atoms with Crippen LogP contribution in [0.15, 0.2) is 66.2 Å². The van der Waals surface area contributed by atoms with E-state index in [1.165, 1.54) is 21.9 Å². The summed E-state index contributed by atoms with van der Waals surface area (Å²) in [7, 11) is 1.66. The number of fused-ring (bicyclic) bond motifs is 3. The lowest BCUT2D eigenvalue weighted by atomic mass is 9.90. The molecule has 6 rings (SSSR count). The second-order valence-electron chi connectivity index (χ2n) is 12.7. The van der Waals surface area contributed by atoms with Crippen molar-refractivity contribution in [3.05, 3.63) is 94.3 Å². The summed E-state index contributed by atoms with van der Waals surface area (Å²) in [5.74, 6) is 1.36. The molecule has 0 saturated carbocycles. The highest BCUT2D eigenvalue weighted by Gasteiger charge is 2.37. The first-order valence-electron chi connectivity index (χ1n) is 15.5. The molecule has 0 unspecified atom stereocenters. The third kappa shape index (κ3) is 6.62. The fraction of sp³-hybridized carbons (Fsp3) is 0.361. The fourth-order valence-electron chi connectivity index (χ4n) is 6.52. The van der Waals surface area contributed by atoms with Gasteiger partial charge in [0.05, 0.1) is 6.61 Å². The predicted molar refractivity (Wildman–Crippen MR) is 185 cm³/mol. The molecule has 1 aliphatic carbocycles. The van der Waals surface area contributed by atoms with Gasteiger partial charge in [-0.15, -0.1) is 0 Å². The predicted octanol–water partition coefficient (Wildman–Crippen LogP) is 5.25. The number of hydrogen-bond donors (Lipinski definition) is 3. The van der Waals surface area contributed by atoms with Gasteiger partial charge in [-0.2, -0.15) is 0 Å². The molecule has 5 heterocycles. The van der Waals surface area contributed by atoms with Crippen LogP contribution in [-0.2, 0) is 37.8 Å². The van der Waals surface area contributed by atoms with Crippen LogP contribution in [0.4, 0.5) is 23.1 Å². The van der Waals surface area contributed by atoms with E-state index in [1.807, 2.05) is 18.2 Å². The Hall–Kier alpha value is -5.03. The van der Waals surface area contributed by atoms with Crippen LogP contribution in [0, 0.1) is 5.41 Å². The third-order valence-corrected chi connectivity index (χ3v) is 8.71. The largest absolute Gasteiger partial charge is 0.392 e. The van der Waals surface area contributed by atoms with Gasteiger partial charge in [0, 0.05) is 62.3 Å². The Balaban J connectivity index is 0.00000433. The number of aliphatic hydroxyl groups excluding tert-OH is 1. The van der Waals surface area contributed by atoms with Gasteiger partial charge in [-0.3, -0.25) is 19.3 Å². The molecule has 4 aromatic heterocycles. The number of anilines is 4. The zero-order chi connectivity index (χ0) is 32.6. The van der Waals surface area contributed by atoms with E-state index in [0.29, 0.717) is 78.0 Å². The van der Waals surface area contributed by atoms with E-state index in [-0.39, 0.29) is 36.7 Å². The van der Waals surface area contributed by atoms with E-state index in [9.17, 15) is 19.5 Å². The Morgan fingerprint density at radius 2 is 1.91 bits per heavy atom. The summed E-state index contributed by atoms with van der Waals surface area (Å²) in [6, 6.07) is 10.9. The standard InChI is InChI=1S/C35H39N7O4.CH4/c1-5-24(44)8-7-12-36-30-9-6-10-31(39-30)38-27-16-23(20-40(4)33(27)45)25-11-13-37-32(26(25)21-43)42-15-14-41-28(34(42)46)17-22-18-35(2,3)19-29(22)41;/h5-6,9-11,13,16-17,20,43H,1,7-8,12,14-15,18-19,21H2,2-4H3,(H2,36,38,39);1H4. The van der Waals surface area contributed by atoms with Crippen LogP contribution >= 0.6 is 0 Å². The van der Waals surface area contributed by atoms with E-state index in [1.54, 1.807) is 42.5 Å². The highest BCUT2D eigenvalue weighted by atomic mass is 16.3. The summed E-state index contributed by atoms with van der Waals surface area (Å²) < 4.78 is 3.62. The average Bonchev–Trinajstić information content (AvgIpc) is 3.53. The molecule has 0 bridgehead atoms. The Morgan fingerprint density at radius 1 is 1.13 bits per heavy atom. The molecule has 4 aromatic rings. The zero-order valence-electron chi connectivity index (χ0n) is 26.5. The molecule has 2 aliphatic rings. The molecule has 0 fully saturated rings. The van der Waals surface area contributed by atoms with Crippen LogP contribution in [0.25, 0.3) is 11.1 Å². The first kappa shape index (κ1) is 33.3. The summed E-state index contributed by atoms with van der Waals surface area (Å²) in [6.07, 6.45) is 7.60. The minimum Gasteiger partial charge on any atom is -0.392 e. The van der Waals surface area contributed by atoms with Gasteiger partial charge >= 0.3 is 0 Å². The number of hydrogen-bond acceptors (Lipinski definition) is 8. The van der Waals surface area contributed by atoms with Gasteiger partial charge in [-0.1, -0.05) is 33.9 Å². The average molecular weight is 638 g/mol. The Morgan fingerprint density at radius 3 is 2.68 bits per heavy atom. The normalized spacial score (nSPS) is 14.6. The lowest BCUT2D eigenvalue weighted by Crippen LogP contribution is -2.41. The molecule has 1 aliphatic heterocycles. The monoisotopic (exact) mass is 637 g/mol. The number of nitrogens with one attached hydrogen (secondary N) is 2. The molecule has 0 aromatic carbocycles. The SMILES string of the molecule is C.C=CC(=O)CCCNc1cccc(Nc2cc(-c3ccnc(N4CCn5c(cc6c5CC(C)(C)C6)C4=O)c3CO)cn(C)c2=O)n1. The zero-order valence-corrected chi connectivity index (χ0v) is 26.5. The number of nitrogens with zero attached hydrogens (tertiary/aromatic N) is 5. The van der Waals surface area contributed by atoms with E-state index in [0.717, 1.165) is 12.8 Å². The maximum absolute atomic E-state index is 13.8. The van der Waals surface area contributed by atoms with Crippen molar-refractivity contribution in [2.75, 3.05) is 28.6 Å². The first-order valence-corrected chi connectivity index (χ1v) is 15.5. The smallest absolute Gasteiger partial charge is 0.276 e. The number of pyridine rings is 3. The maximum atomic E-state index is 13.8. The van der Waals surface area contributed by atoms with E-state index < -0.39 is 0 Å². The Labute approximate surface area is 275 Å². The molecule has 3 N–H and O–H groups in total. The fourth-order valence-corrected chi connectivity index (χ4v) is 6.52. The summed E-state index contributed by atoms with van der Waals surface area (Å²) in [5.41, 5.74) is 5.23. The van der Waals surface area contributed by atoms with Crippen molar-refractivity contribution >= 4 is 34.8 Å². The van der Waals surface area contributed by atoms with Crippen LogP contribution in [-0.4, -0.2) is 49.0 Å². The summed E-state index contributed by atoms with van der Waals surface area (Å²) in [4.78, 5) is 49.2. The number of rotatable bonds is 11. The minimum absolute atomic E-state index is 0. The lowest BCUT2D eigenvalue weighted by molar-refractivity contribution is -0.114. The number of carbonyl (C=O) groups is 2. The number of carbonyl (C=O) groups excluding carboxylic acids is 2. The number of allylic oxidation sites excluding steroid dienone is 1. The van der Waals surface area contributed by atoms with E-state index >= 15 is 0 Å². The second-order valence-corrected chi connectivity index (χ2v) is 12.7. The molecule has 0 atom stereocenters. The first-order chi connectivity index (χ1) is 22.1. The number of ketones is 1. The number of aromatic nitrogens is 4. The summed E-state index contributed by atoms with van der Waals surface area (Å²) >= 11 is 0. The van der Waals surface area contributed by atoms with Crippen molar-refractivity contribution < 1.29 is 14.7 Å². The molecule has 1 amide bonds. The van der Waals surface area contributed by atoms with Crippen molar-refractivity contribution in [1.29, 1.82) is 0 Å². The molecule has 0 saturated heterocycles. The Kier molecular flexibility index (Phi) is 9.48. The van der Waals surface area contributed by atoms with Gasteiger partial charge in [-0.25, -0.2) is 9.97 Å². The third-order valence-electron chi connectivity index (χ3n) is 8.71. The van der Waals surface area contributed by atoms with Crippen LogP contribution in [0.1, 0.15) is 61.4 Å². The highest BCUT2D eigenvalue weighted by molar-refractivity contribution is 6.06. The number of aryl methyl sites for hydroxylation is 1. The highest BCUT2D eigenvalue weighted by Crippen LogP contribution is 2.40. The number of amides is 1. The molecule has 11 nitrogen and oxygen atoms in total. The van der Waals surface area contributed by atoms with Crippen LogP contribution in [0.5, 0.6) is 0 Å². The van der Waals surface area contributed by atoms with Gasteiger partial charge in [-0.05, 0) is 72.2 Å². The van der Waals surface area contributed by atoms with Gasteiger partial charge < -0.3 is 24.9 Å². The van der Waals surface area contributed by atoms with Gasteiger partial charge in [0.2, 0.25) is 0 Å². The van der Waals surface area contributed by atoms with Crippen molar-refractivity contribution in [2.24, 2.45) is 12.5 Å². The molecule has 0 spiro atoms. The minimum atomic E-state index is -0.340. The van der Waals surface area contributed by atoms with Crippen LogP contribution in [0.2, 0.25) is 0 Å². The molecule has 0 radical (unpaired) electrons. The summed E-state index contributed by atoms with van der Waals surface area (Å²) in [5, 5.41) is 17.0. The van der Waals surface area contributed by atoms with Crippen LogP contribution < -0.4 is 21.1 Å². The molecular formula is C36H43N7O4. The Bertz CT molecular complexity index is 1910. The maximum Gasteiger partial charge on any atom is 0.276 e. The van der Waals surface area contributed by atoms with Crippen molar-refractivity contribution in [3.63, 3.8) is 0 Å². The van der Waals surface area contributed by atoms with Gasteiger partial charge in [0.15, 0.2) is 5.78 Å². The quantitative estimate of drug-likeness (QED) is 0.150. The molecule has 11 heteroatoms. The number of aliphatic hydroxyl groups is 1. The lowest BCUT2D eigenvalue weighted by Gasteiger charge is -2.31. The van der Waals surface area contributed by atoms with Gasteiger partial charge in [0.1, 0.15) is 28.8 Å². The van der Waals surface area contributed by atoms with Gasteiger partial charge in [0.25, 0.3) is 11.5 Å². The molecule has 47 heavy (non-hydrogen) atoms. The van der Waals surface area contributed by atoms with Crippen LogP contribution in [0.3, 0.4) is 0 Å². The van der Waals surface area contributed by atoms with Crippen molar-refractivity contribution in [2.45, 2.75) is 60.1 Å². The van der Waals surface area contributed by atoms with Crippen molar-refractivity contribution in [1.82, 2.24) is 19.1 Å². The van der Waals surface area contributed by atoms with E-state index in [2.05, 4.69) is 45.6 Å². The topological polar surface area (TPSA) is 134 Å². The van der Waals surface area contributed by atoms with Crippen molar-refractivity contribution in [3.8, 4) is 11.1 Å².